The van der Waals surface area contributed by atoms with Crippen LogP contribution in [0.25, 0.3) is 5.65 Å². The van der Waals surface area contributed by atoms with E-state index in [9.17, 15) is 32.8 Å². The Hall–Kier alpha value is -5.90. The zero-order valence-electron chi connectivity index (χ0n) is 35.6. The molecule has 19 nitrogen and oxygen atoms in total. The Morgan fingerprint density at radius 3 is 2.51 bits per heavy atom. The summed E-state index contributed by atoms with van der Waals surface area (Å²) in [6.45, 7) is 5.58. The minimum atomic E-state index is -2.87. The van der Waals surface area contributed by atoms with E-state index in [1.807, 2.05) is 11.1 Å². The number of hydrogen-bond acceptors (Lipinski definition) is 14. The molecule has 2 aliphatic carbocycles. The van der Waals surface area contributed by atoms with Gasteiger partial charge in [-0.2, -0.15) is 15.3 Å². The maximum atomic E-state index is 14.3. The number of nitrogens with zero attached hydrogens (tertiary/aromatic N) is 9. The Morgan fingerprint density at radius 2 is 1.77 bits per heavy atom. The van der Waals surface area contributed by atoms with Crippen LogP contribution in [-0.2, 0) is 19.2 Å². The molecule has 11 rings (SSSR count). The quantitative estimate of drug-likeness (QED) is 0.175. The molecule has 2 bridgehead atoms. The summed E-state index contributed by atoms with van der Waals surface area (Å²) in [5.74, 6) is -1.50. The number of benzene rings is 1. The number of piperidine rings is 1. The molecule has 7 aliphatic rings. The van der Waals surface area contributed by atoms with Crippen LogP contribution in [0.1, 0.15) is 107 Å². The molecule has 1 unspecified atom stereocenters. The fourth-order valence-corrected chi connectivity index (χ4v) is 10.7. The Bertz CT molecular complexity index is 2550. The first-order chi connectivity index (χ1) is 31.5. The van der Waals surface area contributed by atoms with E-state index in [0.717, 1.165) is 94.9 Å². The zero-order valence-corrected chi connectivity index (χ0v) is 35.6. The van der Waals surface area contributed by atoms with E-state index in [4.69, 9.17) is 14.6 Å². The van der Waals surface area contributed by atoms with E-state index in [1.54, 1.807) is 29.1 Å². The van der Waals surface area contributed by atoms with Gasteiger partial charge in [-0.25, -0.2) is 18.3 Å². The summed E-state index contributed by atoms with van der Waals surface area (Å²) in [5, 5.41) is 18.9. The van der Waals surface area contributed by atoms with Crippen molar-refractivity contribution in [3.05, 3.63) is 65.2 Å². The maximum absolute atomic E-state index is 14.3. The smallest absolute Gasteiger partial charge is 0.284 e. The Kier molecular flexibility index (Phi) is 10.8. The first kappa shape index (κ1) is 41.8. The third-order valence-corrected chi connectivity index (χ3v) is 14.3. The highest BCUT2D eigenvalue weighted by molar-refractivity contribution is 6.25. The van der Waals surface area contributed by atoms with Gasteiger partial charge in [-0.05, 0) is 75.5 Å². The van der Waals surface area contributed by atoms with Crippen LogP contribution in [0, 0.1) is 5.92 Å². The van der Waals surface area contributed by atoms with E-state index in [1.165, 1.54) is 16.9 Å². The highest BCUT2D eigenvalue weighted by Gasteiger charge is 2.46. The number of anilines is 3. The highest BCUT2D eigenvalue weighted by atomic mass is 19.3. The van der Waals surface area contributed by atoms with Crippen LogP contribution >= 0.6 is 0 Å². The van der Waals surface area contributed by atoms with Crippen LogP contribution in [0.15, 0.2) is 42.9 Å². The van der Waals surface area contributed by atoms with Gasteiger partial charge >= 0.3 is 0 Å². The first-order valence-corrected chi connectivity index (χ1v) is 22.7. The minimum Gasteiger partial charge on any atom is -0.381 e. The van der Waals surface area contributed by atoms with Crippen LogP contribution in [-0.4, -0.2) is 145 Å². The fraction of sp³-hybridized carbons (Fsp3) is 0.545. The van der Waals surface area contributed by atoms with Gasteiger partial charge in [0, 0.05) is 69.8 Å². The van der Waals surface area contributed by atoms with Crippen LogP contribution in [0.5, 0.6) is 0 Å². The monoisotopic (exact) mass is 896 g/mol. The summed E-state index contributed by atoms with van der Waals surface area (Å²) in [7, 11) is 0. The van der Waals surface area contributed by atoms with E-state index in [-0.39, 0.29) is 65.6 Å². The molecule has 0 radical (unpaired) electrons. The number of rotatable bonds is 12. The Labute approximate surface area is 371 Å². The SMILES string of the molecule is O=C1CCC(N2C(=O)c3cccc(NC4CC(ON5CCN(CC6CCC(n7cc(NC(=O)c8cnn9ccc(N%10C[C@H]%11C[C@@H]%10CO%11)nc89)c(C(F)F)n7)CC6)CC5)C4)c3C2=O)C(=O)N1. The number of fused-ring (bicyclic) bond motifs is 4. The van der Waals surface area contributed by atoms with Gasteiger partial charge in [-0.3, -0.25) is 43.7 Å². The van der Waals surface area contributed by atoms with Crippen molar-refractivity contribution < 1.29 is 42.3 Å². The van der Waals surface area contributed by atoms with Crippen LogP contribution in [0.2, 0.25) is 0 Å². The lowest BCUT2D eigenvalue weighted by molar-refractivity contribution is -0.230. The summed E-state index contributed by atoms with van der Waals surface area (Å²) < 4.78 is 37.4. The Balaban J connectivity index is 0.629. The number of piperazine rings is 1. The van der Waals surface area contributed by atoms with Gasteiger partial charge in [0.05, 0.1) is 53.9 Å². The number of imide groups is 2. The zero-order chi connectivity index (χ0) is 44.5. The second kappa shape index (κ2) is 16.8. The number of morpholine rings is 1. The van der Waals surface area contributed by atoms with Crippen LogP contribution in [0.3, 0.4) is 0 Å². The predicted molar refractivity (Wildman–Crippen MR) is 227 cm³/mol. The molecular formula is C44H50F2N12O7. The summed E-state index contributed by atoms with van der Waals surface area (Å²) >= 11 is 0. The summed E-state index contributed by atoms with van der Waals surface area (Å²) in [5.41, 5.74) is 1.11. The number of hydroxylamine groups is 2. The predicted octanol–water partition coefficient (Wildman–Crippen LogP) is 3.42. The molecule has 0 spiro atoms. The van der Waals surface area contributed by atoms with Gasteiger partial charge in [0.15, 0.2) is 11.3 Å². The molecule has 5 aliphatic heterocycles. The number of ether oxygens (including phenoxy) is 1. The van der Waals surface area contributed by atoms with E-state index >= 15 is 0 Å². The van der Waals surface area contributed by atoms with Crippen LogP contribution < -0.4 is 20.9 Å². The second-order valence-corrected chi connectivity index (χ2v) is 18.4. The van der Waals surface area contributed by atoms with Gasteiger partial charge < -0.3 is 25.2 Å². The van der Waals surface area contributed by atoms with Crippen molar-refractivity contribution in [1.82, 2.24) is 44.6 Å². The molecule has 342 valence electrons. The first-order valence-electron chi connectivity index (χ1n) is 22.7. The molecule has 4 aromatic rings. The third-order valence-electron chi connectivity index (χ3n) is 14.3. The van der Waals surface area contributed by atoms with Crippen molar-refractivity contribution in [1.29, 1.82) is 0 Å². The lowest BCUT2D eigenvalue weighted by Gasteiger charge is -2.42. The van der Waals surface area contributed by atoms with Crippen molar-refractivity contribution >= 4 is 52.4 Å². The van der Waals surface area contributed by atoms with Gasteiger partial charge in [-0.15, -0.1) is 0 Å². The summed E-state index contributed by atoms with van der Waals surface area (Å²) in [6.07, 6.45) is 8.03. The number of carbonyl (C=O) groups is 5. The lowest BCUT2D eigenvalue weighted by Crippen LogP contribution is -2.54. The molecule has 1 aromatic carbocycles. The van der Waals surface area contributed by atoms with Crippen molar-refractivity contribution in [3.8, 4) is 0 Å². The fourth-order valence-electron chi connectivity index (χ4n) is 10.7. The molecule has 3 aromatic heterocycles. The number of alkyl halides is 2. The number of aromatic nitrogens is 5. The van der Waals surface area contributed by atoms with Gasteiger partial charge in [0.1, 0.15) is 17.4 Å². The largest absolute Gasteiger partial charge is 0.381 e. The molecule has 3 N–H and O–H groups in total. The van der Waals surface area contributed by atoms with Crippen molar-refractivity contribution in [3.63, 3.8) is 0 Å². The molecule has 2 saturated carbocycles. The van der Waals surface area contributed by atoms with Gasteiger partial charge in [0.2, 0.25) is 11.8 Å². The number of amides is 5. The summed E-state index contributed by atoms with van der Waals surface area (Å²) in [6, 6.07) is 6.14. The van der Waals surface area contributed by atoms with E-state index in [2.05, 4.69) is 35.9 Å². The average Bonchev–Trinajstić information content (AvgIpc) is 4.14. The maximum Gasteiger partial charge on any atom is 0.284 e. The third kappa shape index (κ3) is 7.90. The molecule has 65 heavy (non-hydrogen) atoms. The topological polar surface area (TPSA) is 201 Å². The molecule has 4 saturated heterocycles. The van der Waals surface area contributed by atoms with E-state index < -0.39 is 47.7 Å². The molecule has 8 heterocycles. The number of halogens is 2. The number of nitrogens with one attached hydrogen (secondary N) is 3. The lowest BCUT2D eigenvalue weighted by atomic mass is 9.85. The van der Waals surface area contributed by atoms with Crippen molar-refractivity contribution in [2.75, 3.05) is 61.4 Å². The minimum absolute atomic E-state index is 0.0148. The molecule has 6 fully saturated rings. The standard InChI is InChI=1S/C44H50F2N12O7/c45-39(46)38-33(49-41(60)31-19-47-56-11-10-35(50-40(31)56)55-21-29-18-27(55)23-64-29)22-57(52-38)26-6-4-24(5-7-26)20-53-12-14-54(15-13-53)65-28-16-25(17-28)48-32-3-1-2-30-37(32)44(63)58(43(30)62)34-8-9-36(59)51-42(34)61/h1-3,10-11,19,22,24-29,34,39,48H,4-9,12-18,20-21,23H2,(H,49,60)(H,51,59,61)/t24?,25?,26?,27-,28?,29-,34?/m1/s1. The normalized spacial score (nSPS) is 28.3. The second-order valence-electron chi connectivity index (χ2n) is 18.4. The van der Waals surface area contributed by atoms with Crippen LogP contribution in [0.4, 0.5) is 26.0 Å². The van der Waals surface area contributed by atoms with E-state index in [0.29, 0.717) is 23.9 Å². The van der Waals surface area contributed by atoms with Gasteiger partial charge in [0.25, 0.3) is 24.1 Å². The molecule has 21 heteroatoms. The molecule has 5 amide bonds. The number of carbonyl (C=O) groups excluding carboxylic acids is 5. The number of hydrogen-bond donors (Lipinski definition) is 3. The molecular weight excluding hydrogens is 847 g/mol. The highest BCUT2D eigenvalue weighted by Crippen LogP contribution is 2.38. The van der Waals surface area contributed by atoms with Crippen molar-refractivity contribution in [2.24, 2.45) is 5.92 Å². The Morgan fingerprint density at radius 1 is 0.954 bits per heavy atom. The summed E-state index contributed by atoms with van der Waals surface area (Å²) in [4.78, 5) is 81.1. The van der Waals surface area contributed by atoms with Gasteiger partial charge in [-0.1, -0.05) is 6.07 Å². The van der Waals surface area contributed by atoms with Crippen molar-refractivity contribution in [2.45, 2.75) is 101 Å². The molecule has 3 atom stereocenters. The average molecular weight is 897 g/mol.